The minimum Gasteiger partial charge on any atom is -0.372 e. The average Bonchev–Trinajstić information content (AvgIpc) is 3.26. The Hall–Kier alpha value is -0.900. The van der Waals surface area contributed by atoms with Gasteiger partial charge in [0.05, 0.1) is 6.10 Å². The Balaban J connectivity index is 1.49. The first-order valence-electron chi connectivity index (χ1n) is 8.43. The molecule has 1 N–H and O–H groups in total. The lowest BCUT2D eigenvalue weighted by molar-refractivity contribution is 0.0412. The summed E-state index contributed by atoms with van der Waals surface area (Å²) in [6.45, 7) is 3.05. The second-order valence-electron chi connectivity index (χ2n) is 6.52. The molecule has 0 amide bonds. The van der Waals surface area contributed by atoms with E-state index in [0.29, 0.717) is 0 Å². The quantitative estimate of drug-likeness (QED) is 0.796. The van der Waals surface area contributed by atoms with Crippen molar-refractivity contribution in [1.29, 1.82) is 0 Å². The fourth-order valence-corrected chi connectivity index (χ4v) is 3.19. The lowest BCUT2D eigenvalue weighted by Gasteiger charge is -2.23. The van der Waals surface area contributed by atoms with Crippen LogP contribution in [0.5, 0.6) is 0 Å². The van der Waals surface area contributed by atoms with Crippen molar-refractivity contribution < 1.29 is 4.74 Å². The Labute approximate surface area is 128 Å². The highest BCUT2D eigenvalue weighted by Gasteiger charge is 2.24. The maximum Gasteiger partial charge on any atom is 0.0949 e. The zero-order valence-corrected chi connectivity index (χ0v) is 13.1. The predicted molar refractivity (Wildman–Crippen MR) is 86.4 cm³/mol. The monoisotopic (exact) mass is 288 g/mol. The van der Waals surface area contributed by atoms with Crippen LogP contribution in [0.15, 0.2) is 30.3 Å². The van der Waals surface area contributed by atoms with E-state index in [1.807, 2.05) is 0 Å². The third-order valence-corrected chi connectivity index (χ3v) is 4.78. The normalized spacial score (nSPS) is 24.3. The molecule has 0 bridgehead atoms. The molecule has 3 rings (SSSR count). The third-order valence-electron chi connectivity index (χ3n) is 4.78. The summed E-state index contributed by atoms with van der Waals surface area (Å²) in [5.74, 6) is 0. The highest BCUT2D eigenvalue weighted by Crippen LogP contribution is 2.23. The van der Waals surface area contributed by atoms with E-state index in [1.54, 1.807) is 0 Å². The Morgan fingerprint density at radius 1 is 1.24 bits per heavy atom. The fourth-order valence-electron chi connectivity index (χ4n) is 3.19. The summed E-state index contributed by atoms with van der Waals surface area (Å²) in [7, 11) is 2.24. The topological polar surface area (TPSA) is 24.5 Å². The van der Waals surface area contributed by atoms with Gasteiger partial charge in [0.25, 0.3) is 0 Å². The lowest BCUT2D eigenvalue weighted by Crippen LogP contribution is -2.28. The van der Waals surface area contributed by atoms with Gasteiger partial charge in [0.2, 0.25) is 0 Å². The van der Waals surface area contributed by atoms with E-state index in [0.717, 1.165) is 31.7 Å². The number of likely N-dealkylation sites (tertiary alicyclic amines) is 1. The standard InChI is InChI=1S/C18H28N2O/c1-20-12-5-8-17(20)11-13-21-18(14-19-16-9-10-16)15-6-3-2-4-7-15/h2-4,6-7,16-19H,5,8-14H2,1H3. The van der Waals surface area contributed by atoms with Gasteiger partial charge in [-0.2, -0.15) is 0 Å². The smallest absolute Gasteiger partial charge is 0.0949 e. The zero-order valence-electron chi connectivity index (χ0n) is 13.1. The summed E-state index contributed by atoms with van der Waals surface area (Å²) >= 11 is 0. The molecule has 2 atom stereocenters. The van der Waals surface area contributed by atoms with E-state index in [9.17, 15) is 0 Å². The van der Waals surface area contributed by atoms with Gasteiger partial charge in [0, 0.05) is 25.2 Å². The van der Waals surface area contributed by atoms with Gasteiger partial charge in [-0.25, -0.2) is 0 Å². The summed E-state index contributed by atoms with van der Waals surface area (Å²) in [6.07, 6.45) is 6.67. The Morgan fingerprint density at radius 2 is 2.05 bits per heavy atom. The summed E-state index contributed by atoms with van der Waals surface area (Å²) in [5, 5.41) is 3.61. The van der Waals surface area contributed by atoms with Gasteiger partial charge in [-0.3, -0.25) is 0 Å². The van der Waals surface area contributed by atoms with E-state index in [1.165, 1.54) is 37.8 Å². The minimum atomic E-state index is 0.193. The van der Waals surface area contributed by atoms with E-state index in [-0.39, 0.29) is 6.10 Å². The van der Waals surface area contributed by atoms with Crippen LogP contribution in [0.2, 0.25) is 0 Å². The molecule has 2 fully saturated rings. The summed E-state index contributed by atoms with van der Waals surface area (Å²) < 4.78 is 6.23. The van der Waals surface area contributed by atoms with E-state index in [4.69, 9.17) is 4.74 Å². The minimum absolute atomic E-state index is 0.193. The van der Waals surface area contributed by atoms with Crippen molar-refractivity contribution in [3.8, 4) is 0 Å². The molecule has 1 aromatic carbocycles. The first-order valence-corrected chi connectivity index (χ1v) is 8.43. The number of ether oxygens (including phenoxy) is 1. The zero-order chi connectivity index (χ0) is 14.5. The van der Waals surface area contributed by atoms with Crippen molar-refractivity contribution in [3.05, 3.63) is 35.9 Å². The molecular weight excluding hydrogens is 260 g/mol. The van der Waals surface area contributed by atoms with E-state index in [2.05, 4.69) is 47.6 Å². The van der Waals surface area contributed by atoms with Crippen LogP contribution in [0, 0.1) is 0 Å². The number of rotatable bonds is 8. The highest BCUT2D eigenvalue weighted by molar-refractivity contribution is 5.18. The van der Waals surface area contributed by atoms with Crippen LogP contribution in [0.3, 0.4) is 0 Å². The van der Waals surface area contributed by atoms with Crippen molar-refractivity contribution >= 4 is 0 Å². The largest absolute Gasteiger partial charge is 0.372 e. The molecule has 1 saturated carbocycles. The first kappa shape index (κ1) is 15.0. The molecule has 1 heterocycles. The van der Waals surface area contributed by atoms with Crippen molar-refractivity contribution in [2.75, 3.05) is 26.7 Å². The number of benzene rings is 1. The van der Waals surface area contributed by atoms with Crippen LogP contribution in [0.1, 0.15) is 43.8 Å². The molecule has 0 spiro atoms. The SMILES string of the molecule is CN1CCCC1CCOC(CNC1CC1)c1ccccc1. The van der Waals surface area contributed by atoms with Crippen LogP contribution in [0.25, 0.3) is 0 Å². The second kappa shape index (κ2) is 7.39. The van der Waals surface area contributed by atoms with Gasteiger partial charge >= 0.3 is 0 Å². The summed E-state index contributed by atoms with van der Waals surface area (Å²) in [4.78, 5) is 2.48. The van der Waals surface area contributed by atoms with E-state index >= 15 is 0 Å². The van der Waals surface area contributed by atoms with Crippen LogP contribution < -0.4 is 5.32 Å². The van der Waals surface area contributed by atoms with Gasteiger partial charge in [0.15, 0.2) is 0 Å². The molecule has 2 unspecified atom stereocenters. The molecule has 1 aromatic rings. The second-order valence-corrected chi connectivity index (χ2v) is 6.52. The van der Waals surface area contributed by atoms with Crippen LogP contribution in [0.4, 0.5) is 0 Å². The first-order chi connectivity index (χ1) is 10.3. The molecule has 1 aliphatic carbocycles. The van der Waals surface area contributed by atoms with Crippen molar-refractivity contribution in [3.63, 3.8) is 0 Å². The van der Waals surface area contributed by atoms with Gasteiger partial charge < -0.3 is 15.0 Å². The molecule has 116 valence electrons. The number of nitrogens with one attached hydrogen (secondary N) is 1. The number of hydrogen-bond acceptors (Lipinski definition) is 3. The maximum absolute atomic E-state index is 6.23. The van der Waals surface area contributed by atoms with Crippen LogP contribution >= 0.6 is 0 Å². The van der Waals surface area contributed by atoms with Crippen LogP contribution in [-0.4, -0.2) is 43.7 Å². The molecular formula is C18H28N2O. The molecule has 3 nitrogen and oxygen atoms in total. The molecule has 1 aliphatic heterocycles. The Kier molecular flexibility index (Phi) is 5.28. The molecule has 0 radical (unpaired) electrons. The van der Waals surface area contributed by atoms with Gasteiger partial charge in [0.1, 0.15) is 0 Å². The maximum atomic E-state index is 6.23. The van der Waals surface area contributed by atoms with Gasteiger partial charge in [-0.1, -0.05) is 30.3 Å². The van der Waals surface area contributed by atoms with Gasteiger partial charge in [-0.15, -0.1) is 0 Å². The third kappa shape index (κ3) is 4.53. The van der Waals surface area contributed by atoms with Crippen molar-refractivity contribution in [2.24, 2.45) is 0 Å². The summed E-state index contributed by atoms with van der Waals surface area (Å²) in [5.41, 5.74) is 1.30. The fraction of sp³-hybridized carbons (Fsp3) is 0.667. The lowest BCUT2D eigenvalue weighted by atomic mass is 10.1. The highest BCUT2D eigenvalue weighted by atomic mass is 16.5. The van der Waals surface area contributed by atoms with Gasteiger partial charge in [-0.05, 0) is 51.3 Å². The Bertz CT molecular complexity index is 418. The predicted octanol–water partition coefficient (Wildman–Crippen LogP) is 2.98. The Morgan fingerprint density at radius 3 is 2.71 bits per heavy atom. The molecule has 2 aliphatic rings. The summed E-state index contributed by atoms with van der Waals surface area (Å²) in [6, 6.07) is 12.1. The molecule has 3 heteroatoms. The number of nitrogens with zero attached hydrogens (tertiary/aromatic N) is 1. The van der Waals surface area contributed by atoms with Crippen molar-refractivity contribution in [1.82, 2.24) is 10.2 Å². The van der Waals surface area contributed by atoms with Crippen LogP contribution in [-0.2, 0) is 4.74 Å². The van der Waals surface area contributed by atoms with E-state index < -0.39 is 0 Å². The van der Waals surface area contributed by atoms with Crippen molar-refractivity contribution in [2.45, 2.75) is 50.3 Å². The average molecular weight is 288 g/mol. The molecule has 0 aromatic heterocycles. The molecule has 21 heavy (non-hydrogen) atoms. The molecule has 1 saturated heterocycles. The number of hydrogen-bond donors (Lipinski definition) is 1.